The molecule has 1 aliphatic carbocycles. The Morgan fingerprint density at radius 1 is 1.29 bits per heavy atom. The predicted octanol–water partition coefficient (Wildman–Crippen LogP) is 4.25. The minimum Gasteiger partial charge on any atom is -0.266 e. The number of aromatic nitrogens is 1. The molecule has 1 fully saturated rings. The highest BCUT2D eigenvalue weighted by Gasteiger charge is 2.36. The van der Waals surface area contributed by atoms with Gasteiger partial charge in [-0.25, -0.2) is 0 Å². The Labute approximate surface area is 139 Å². The van der Waals surface area contributed by atoms with Crippen LogP contribution in [0.15, 0.2) is 33.5 Å². The molecule has 8 heteroatoms. The van der Waals surface area contributed by atoms with Crippen molar-refractivity contribution in [2.45, 2.75) is 31.9 Å². The van der Waals surface area contributed by atoms with Gasteiger partial charge in [0.2, 0.25) is 0 Å². The standard InChI is InChI=1S/C16H12F3N3OS/c17-16(18,19)12-8-13(14-6-3-7-24-14)22(15(23)11(12)9-20)21-10-4-1-2-5-10/h3,6-8H,1-2,4-5H2. The molecular formula is C16H12F3N3OS. The van der Waals surface area contributed by atoms with Crippen LogP contribution in [0, 0.1) is 11.3 Å². The van der Waals surface area contributed by atoms with Crippen molar-refractivity contribution >= 4 is 17.0 Å². The molecule has 1 aliphatic rings. The molecular weight excluding hydrogens is 339 g/mol. The maximum Gasteiger partial charge on any atom is 0.417 e. The fourth-order valence-electron chi connectivity index (χ4n) is 2.66. The van der Waals surface area contributed by atoms with Crippen LogP contribution in [0.2, 0.25) is 0 Å². The summed E-state index contributed by atoms with van der Waals surface area (Å²) >= 11 is 1.21. The molecule has 3 rings (SSSR count). The van der Waals surface area contributed by atoms with Gasteiger partial charge < -0.3 is 0 Å². The summed E-state index contributed by atoms with van der Waals surface area (Å²) in [6.07, 6.45) is -1.49. The van der Waals surface area contributed by atoms with Crippen LogP contribution in [-0.4, -0.2) is 10.4 Å². The van der Waals surface area contributed by atoms with Gasteiger partial charge in [0.1, 0.15) is 11.6 Å². The summed E-state index contributed by atoms with van der Waals surface area (Å²) in [6, 6.07) is 5.53. The van der Waals surface area contributed by atoms with Gasteiger partial charge in [0.05, 0.1) is 16.1 Å². The molecule has 0 unspecified atom stereocenters. The van der Waals surface area contributed by atoms with Crippen molar-refractivity contribution < 1.29 is 13.2 Å². The highest BCUT2D eigenvalue weighted by molar-refractivity contribution is 7.13. The van der Waals surface area contributed by atoms with E-state index < -0.39 is 22.9 Å². The number of pyridine rings is 1. The van der Waals surface area contributed by atoms with Crippen LogP contribution in [0.25, 0.3) is 10.6 Å². The van der Waals surface area contributed by atoms with Crippen LogP contribution in [0.1, 0.15) is 36.8 Å². The van der Waals surface area contributed by atoms with E-state index >= 15 is 0 Å². The zero-order chi connectivity index (χ0) is 17.3. The normalized spacial score (nSPS) is 14.7. The molecule has 0 spiro atoms. The van der Waals surface area contributed by atoms with Crippen molar-refractivity contribution in [2.24, 2.45) is 5.10 Å². The third-order valence-corrected chi connectivity index (χ3v) is 4.69. The second-order valence-electron chi connectivity index (χ2n) is 5.40. The number of rotatable bonds is 2. The van der Waals surface area contributed by atoms with E-state index in [2.05, 4.69) is 5.10 Å². The molecule has 0 amide bonds. The molecule has 0 N–H and O–H groups in total. The summed E-state index contributed by atoms with van der Waals surface area (Å²) in [5.74, 6) is 0. The smallest absolute Gasteiger partial charge is 0.266 e. The van der Waals surface area contributed by atoms with E-state index in [0.717, 1.165) is 29.3 Å². The minimum atomic E-state index is -4.78. The van der Waals surface area contributed by atoms with E-state index in [0.29, 0.717) is 17.7 Å². The van der Waals surface area contributed by atoms with Gasteiger partial charge in [0, 0.05) is 5.71 Å². The number of alkyl halides is 3. The number of halogens is 3. The van der Waals surface area contributed by atoms with Crippen LogP contribution >= 0.6 is 11.3 Å². The number of thiophene rings is 1. The van der Waals surface area contributed by atoms with Gasteiger partial charge in [-0.15, -0.1) is 11.3 Å². The number of nitriles is 1. The minimum absolute atomic E-state index is 0.0562. The van der Waals surface area contributed by atoms with Crippen LogP contribution in [0.4, 0.5) is 13.2 Å². The van der Waals surface area contributed by atoms with Gasteiger partial charge >= 0.3 is 6.18 Å². The van der Waals surface area contributed by atoms with Gasteiger partial charge in [0.25, 0.3) is 5.56 Å². The lowest BCUT2D eigenvalue weighted by atomic mass is 10.1. The average molecular weight is 351 g/mol. The molecule has 0 saturated heterocycles. The summed E-state index contributed by atoms with van der Waals surface area (Å²) in [4.78, 5) is 13.0. The lowest BCUT2D eigenvalue weighted by Gasteiger charge is -2.14. The van der Waals surface area contributed by atoms with Crippen molar-refractivity contribution in [2.75, 3.05) is 0 Å². The largest absolute Gasteiger partial charge is 0.417 e. The fraction of sp³-hybridized carbons (Fsp3) is 0.312. The molecule has 24 heavy (non-hydrogen) atoms. The number of hydrogen-bond donors (Lipinski definition) is 0. The molecule has 0 aliphatic heterocycles. The Hall–Kier alpha value is -2.40. The Morgan fingerprint density at radius 2 is 2.00 bits per heavy atom. The topological polar surface area (TPSA) is 58.1 Å². The first-order chi connectivity index (χ1) is 11.4. The Bertz CT molecular complexity index is 881. The van der Waals surface area contributed by atoms with Crippen LogP contribution < -0.4 is 5.56 Å². The molecule has 2 heterocycles. The number of hydrogen-bond acceptors (Lipinski definition) is 4. The molecule has 4 nitrogen and oxygen atoms in total. The Morgan fingerprint density at radius 3 is 2.54 bits per heavy atom. The zero-order valence-electron chi connectivity index (χ0n) is 12.4. The highest BCUT2D eigenvalue weighted by Crippen LogP contribution is 2.34. The summed E-state index contributed by atoms with van der Waals surface area (Å²) in [6.45, 7) is 0. The van der Waals surface area contributed by atoms with E-state index in [1.165, 1.54) is 17.4 Å². The molecule has 0 bridgehead atoms. The third kappa shape index (κ3) is 2.99. The third-order valence-electron chi connectivity index (χ3n) is 3.80. The van der Waals surface area contributed by atoms with Gasteiger partial charge in [0.15, 0.2) is 0 Å². The van der Waals surface area contributed by atoms with E-state index in [4.69, 9.17) is 5.26 Å². The van der Waals surface area contributed by atoms with E-state index in [1.54, 1.807) is 17.5 Å². The van der Waals surface area contributed by atoms with Gasteiger partial charge in [-0.1, -0.05) is 6.07 Å². The van der Waals surface area contributed by atoms with Crippen molar-refractivity contribution in [1.82, 2.24) is 4.68 Å². The van der Waals surface area contributed by atoms with Crippen molar-refractivity contribution in [3.63, 3.8) is 0 Å². The average Bonchev–Trinajstić information content (AvgIpc) is 3.20. The maximum absolute atomic E-state index is 13.2. The van der Waals surface area contributed by atoms with Crippen LogP contribution in [-0.2, 0) is 6.18 Å². The Kier molecular flexibility index (Phi) is 4.28. The first kappa shape index (κ1) is 16.5. The first-order valence-corrected chi connectivity index (χ1v) is 8.17. The predicted molar refractivity (Wildman–Crippen MR) is 85.0 cm³/mol. The van der Waals surface area contributed by atoms with Crippen LogP contribution in [0.5, 0.6) is 0 Å². The first-order valence-electron chi connectivity index (χ1n) is 7.30. The summed E-state index contributed by atoms with van der Waals surface area (Å²) in [5.41, 5.74) is -2.36. The van der Waals surface area contributed by atoms with Crippen molar-refractivity contribution in [3.8, 4) is 16.6 Å². The fourth-order valence-corrected chi connectivity index (χ4v) is 3.38. The second kappa shape index (κ2) is 6.24. The van der Waals surface area contributed by atoms with Gasteiger partial charge in [-0.05, 0) is 43.2 Å². The summed E-state index contributed by atoms with van der Waals surface area (Å²) in [5, 5.41) is 15.0. The SMILES string of the molecule is N#Cc1c(C(F)(F)F)cc(-c2cccs2)n(N=C2CCCC2)c1=O. The molecule has 2 aromatic heterocycles. The molecule has 2 aromatic rings. The van der Waals surface area contributed by atoms with Crippen molar-refractivity contribution in [3.05, 3.63) is 45.1 Å². The van der Waals surface area contributed by atoms with E-state index in [1.807, 2.05) is 0 Å². The lowest BCUT2D eigenvalue weighted by Crippen LogP contribution is -2.26. The lowest BCUT2D eigenvalue weighted by molar-refractivity contribution is -0.137. The van der Waals surface area contributed by atoms with Gasteiger partial charge in [-0.2, -0.15) is 28.2 Å². The molecule has 1 saturated carbocycles. The molecule has 0 atom stereocenters. The second-order valence-corrected chi connectivity index (χ2v) is 6.34. The van der Waals surface area contributed by atoms with Crippen LogP contribution in [0.3, 0.4) is 0 Å². The monoisotopic (exact) mass is 351 g/mol. The maximum atomic E-state index is 13.2. The zero-order valence-corrected chi connectivity index (χ0v) is 13.2. The molecule has 124 valence electrons. The Balaban J connectivity index is 2.33. The quantitative estimate of drug-likeness (QED) is 0.812. The van der Waals surface area contributed by atoms with E-state index in [-0.39, 0.29) is 5.69 Å². The van der Waals surface area contributed by atoms with Gasteiger partial charge in [-0.3, -0.25) is 4.79 Å². The molecule has 0 radical (unpaired) electrons. The molecule has 0 aromatic carbocycles. The summed E-state index contributed by atoms with van der Waals surface area (Å²) < 4.78 is 40.7. The van der Waals surface area contributed by atoms with E-state index in [9.17, 15) is 18.0 Å². The highest BCUT2D eigenvalue weighted by atomic mass is 32.1. The number of nitrogens with zero attached hydrogens (tertiary/aromatic N) is 3. The van der Waals surface area contributed by atoms with Crippen molar-refractivity contribution in [1.29, 1.82) is 5.26 Å². The summed E-state index contributed by atoms with van der Waals surface area (Å²) in [7, 11) is 0.